The number of anilines is 1. The van der Waals surface area contributed by atoms with Gasteiger partial charge in [0.15, 0.2) is 0 Å². The molecule has 1 N–H and O–H groups in total. The van der Waals surface area contributed by atoms with E-state index in [0.717, 1.165) is 18.6 Å². The zero-order valence-electron chi connectivity index (χ0n) is 18.4. The number of hydrogen-bond acceptors (Lipinski definition) is 4. The van der Waals surface area contributed by atoms with Crippen molar-refractivity contribution in [3.63, 3.8) is 0 Å². The molecule has 3 aromatic rings. The average Bonchev–Trinajstić information content (AvgIpc) is 3.20. The number of nitrogens with zero attached hydrogens (tertiary/aromatic N) is 2. The number of para-hydroxylation sites is 1. The summed E-state index contributed by atoms with van der Waals surface area (Å²) >= 11 is 0. The minimum absolute atomic E-state index is 0.175. The van der Waals surface area contributed by atoms with Gasteiger partial charge in [-0.3, -0.25) is 9.59 Å². The molecule has 2 aromatic carbocycles. The molecule has 0 saturated carbocycles. The van der Waals surface area contributed by atoms with Crippen LogP contribution in [0.5, 0.6) is 5.75 Å². The van der Waals surface area contributed by atoms with Crippen molar-refractivity contribution in [1.82, 2.24) is 9.88 Å². The third-order valence-corrected chi connectivity index (χ3v) is 6.01. The molecule has 1 atom stereocenters. The van der Waals surface area contributed by atoms with Gasteiger partial charge in [-0.1, -0.05) is 25.1 Å². The van der Waals surface area contributed by atoms with E-state index < -0.39 is 6.04 Å². The summed E-state index contributed by atoms with van der Waals surface area (Å²) in [6, 6.07) is 15.0. The molecule has 0 aliphatic carbocycles. The van der Waals surface area contributed by atoms with Gasteiger partial charge in [0.25, 0.3) is 5.91 Å². The summed E-state index contributed by atoms with van der Waals surface area (Å²) in [5, 5.41) is 4.55. The van der Waals surface area contributed by atoms with Crippen LogP contribution in [-0.4, -0.2) is 35.6 Å². The minimum atomic E-state index is -0.487. The number of ether oxygens (including phenoxy) is 1. The first-order valence-electron chi connectivity index (χ1n) is 10.9. The standard InChI is InChI=1S/C25H29N3O3/c1-4-15-31-19-11-9-18(10-12-19)28-24(29)16-22(25(28)30)26-14-13-20-17(2)27(3)23-8-6-5-7-21(20)23/h5-12,22,26H,4,13-16H2,1-3H3/t22-/m1/s1. The van der Waals surface area contributed by atoms with E-state index in [1.807, 2.05) is 19.1 Å². The minimum Gasteiger partial charge on any atom is -0.494 e. The van der Waals surface area contributed by atoms with Crippen LogP contribution in [0.15, 0.2) is 48.5 Å². The Morgan fingerprint density at radius 2 is 1.84 bits per heavy atom. The number of benzene rings is 2. The first kappa shape index (κ1) is 21.1. The summed E-state index contributed by atoms with van der Waals surface area (Å²) in [7, 11) is 2.07. The normalized spacial score (nSPS) is 16.5. The van der Waals surface area contributed by atoms with E-state index in [-0.39, 0.29) is 18.2 Å². The Bertz CT molecular complexity index is 1100. The van der Waals surface area contributed by atoms with Crippen molar-refractivity contribution in [3.05, 3.63) is 59.8 Å². The van der Waals surface area contributed by atoms with Gasteiger partial charge in [-0.25, -0.2) is 4.90 Å². The predicted molar refractivity (Wildman–Crippen MR) is 122 cm³/mol. The molecule has 1 aliphatic rings. The van der Waals surface area contributed by atoms with Crippen molar-refractivity contribution in [2.75, 3.05) is 18.1 Å². The number of rotatable bonds is 8. The van der Waals surface area contributed by atoms with Crippen LogP contribution in [0.1, 0.15) is 31.0 Å². The zero-order valence-corrected chi connectivity index (χ0v) is 18.4. The van der Waals surface area contributed by atoms with Crippen molar-refractivity contribution in [3.8, 4) is 5.75 Å². The Hall–Kier alpha value is -3.12. The fraction of sp³-hybridized carbons (Fsp3) is 0.360. The SMILES string of the molecule is CCCOc1ccc(N2C(=O)C[C@@H](NCCc3c(C)n(C)c4ccccc34)C2=O)cc1. The molecule has 2 heterocycles. The lowest BCUT2D eigenvalue weighted by molar-refractivity contribution is -0.121. The molecule has 4 rings (SSSR count). The largest absolute Gasteiger partial charge is 0.494 e. The number of fused-ring (bicyclic) bond motifs is 1. The highest BCUT2D eigenvalue weighted by Gasteiger charge is 2.39. The van der Waals surface area contributed by atoms with Crippen LogP contribution >= 0.6 is 0 Å². The van der Waals surface area contributed by atoms with Crippen molar-refractivity contribution in [2.45, 2.75) is 39.2 Å². The predicted octanol–water partition coefficient (Wildman–Crippen LogP) is 3.74. The number of carbonyl (C=O) groups excluding carboxylic acids is 2. The highest BCUT2D eigenvalue weighted by atomic mass is 16.5. The third-order valence-electron chi connectivity index (χ3n) is 6.01. The molecule has 0 spiro atoms. The molecule has 0 bridgehead atoms. The number of aryl methyl sites for hydroxylation is 1. The molecule has 0 radical (unpaired) electrons. The summed E-state index contributed by atoms with van der Waals surface area (Å²) < 4.78 is 7.78. The van der Waals surface area contributed by atoms with Crippen molar-refractivity contribution in [2.24, 2.45) is 7.05 Å². The van der Waals surface area contributed by atoms with Crippen LogP contribution in [0.25, 0.3) is 10.9 Å². The molecule has 2 amide bonds. The second kappa shape index (κ2) is 8.94. The van der Waals surface area contributed by atoms with Gasteiger partial charge in [0.1, 0.15) is 5.75 Å². The molecule has 6 heteroatoms. The summed E-state index contributed by atoms with van der Waals surface area (Å²) in [6.07, 6.45) is 1.91. The first-order chi connectivity index (χ1) is 15.0. The average molecular weight is 420 g/mol. The number of nitrogens with one attached hydrogen (secondary N) is 1. The molecule has 1 fully saturated rings. The molecule has 1 aliphatic heterocycles. The first-order valence-corrected chi connectivity index (χ1v) is 10.9. The van der Waals surface area contributed by atoms with Gasteiger partial charge in [-0.2, -0.15) is 0 Å². The fourth-order valence-electron chi connectivity index (χ4n) is 4.26. The topological polar surface area (TPSA) is 63.6 Å². The smallest absolute Gasteiger partial charge is 0.251 e. The molecule has 6 nitrogen and oxygen atoms in total. The molecular weight excluding hydrogens is 390 g/mol. The Labute approximate surface area is 182 Å². The van der Waals surface area contributed by atoms with Crippen LogP contribution in [0.2, 0.25) is 0 Å². The number of amides is 2. The summed E-state index contributed by atoms with van der Waals surface area (Å²) in [4.78, 5) is 26.7. The van der Waals surface area contributed by atoms with E-state index in [9.17, 15) is 9.59 Å². The van der Waals surface area contributed by atoms with E-state index >= 15 is 0 Å². The van der Waals surface area contributed by atoms with Crippen molar-refractivity contribution >= 4 is 28.4 Å². The maximum atomic E-state index is 12.9. The van der Waals surface area contributed by atoms with Gasteiger partial charge in [0, 0.05) is 30.2 Å². The zero-order chi connectivity index (χ0) is 22.0. The van der Waals surface area contributed by atoms with Crippen molar-refractivity contribution < 1.29 is 14.3 Å². The van der Waals surface area contributed by atoms with Crippen LogP contribution in [-0.2, 0) is 23.1 Å². The quantitative estimate of drug-likeness (QED) is 0.565. The maximum Gasteiger partial charge on any atom is 0.251 e. The Kier molecular flexibility index (Phi) is 6.09. The second-order valence-corrected chi connectivity index (χ2v) is 8.01. The van der Waals surface area contributed by atoms with Gasteiger partial charge < -0.3 is 14.6 Å². The lowest BCUT2D eigenvalue weighted by Crippen LogP contribution is -2.39. The van der Waals surface area contributed by atoms with Gasteiger partial charge >= 0.3 is 0 Å². The molecule has 31 heavy (non-hydrogen) atoms. The van der Waals surface area contributed by atoms with E-state index in [1.165, 1.54) is 27.1 Å². The van der Waals surface area contributed by atoms with E-state index in [2.05, 4.69) is 36.0 Å². The van der Waals surface area contributed by atoms with Gasteiger partial charge in [0.05, 0.1) is 24.8 Å². The van der Waals surface area contributed by atoms with Gasteiger partial charge in [-0.15, -0.1) is 0 Å². The Morgan fingerprint density at radius 3 is 2.58 bits per heavy atom. The summed E-state index contributed by atoms with van der Waals surface area (Å²) in [5.74, 6) is 0.373. The molecule has 1 aromatic heterocycles. The van der Waals surface area contributed by atoms with E-state index in [1.54, 1.807) is 24.3 Å². The van der Waals surface area contributed by atoms with Crippen LogP contribution in [0.4, 0.5) is 5.69 Å². The highest BCUT2D eigenvalue weighted by molar-refractivity contribution is 6.22. The fourth-order valence-corrected chi connectivity index (χ4v) is 4.26. The number of hydrogen-bond donors (Lipinski definition) is 1. The van der Waals surface area contributed by atoms with Crippen molar-refractivity contribution in [1.29, 1.82) is 0 Å². The Balaban J connectivity index is 1.40. The summed E-state index contributed by atoms with van der Waals surface area (Å²) in [5.41, 5.74) is 4.30. The van der Waals surface area contributed by atoms with E-state index in [0.29, 0.717) is 18.8 Å². The van der Waals surface area contributed by atoms with Gasteiger partial charge in [0.2, 0.25) is 5.91 Å². The molecular formula is C25H29N3O3. The summed E-state index contributed by atoms with van der Waals surface area (Å²) in [6.45, 7) is 5.44. The maximum absolute atomic E-state index is 12.9. The van der Waals surface area contributed by atoms with Crippen LogP contribution in [0, 0.1) is 6.92 Å². The van der Waals surface area contributed by atoms with Crippen LogP contribution in [0.3, 0.4) is 0 Å². The lowest BCUT2D eigenvalue weighted by Gasteiger charge is -2.16. The van der Waals surface area contributed by atoms with Gasteiger partial charge in [-0.05, 0) is 55.7 Å². The molecule has 162 valence electrons. The lowest BCUT2D eigenvalue weighted by atomic mass is 10.1. The highest BCUT2D eigenvalue weighted by Crippen LogP contribution is 2.27. The Morgan fingerprint density at radius 1 is 1.10 bits per heavy atom. The third kappa shape index (κ3) is 4.08. The van der Waals surface area contributed by atoms with Crippen LogP contribution < -0.4 is 15.0 Å². The molecule has 1 saturated heterocycles. The monoisotopic (exact) mass is 419 g/mol. The molecule has 0 unspecified atom stereocenters. The second-order valence-electron chi connectivity index (χ2n) is 8.01. The number of imide groups is 1. The van der Waals surface area contributed by atoms with E-state index in [4.69, 9.17) is 4.74 Å². The number of carbonyl (C=O) groups is 2. The number of aromatic nitrogens is 1.